The molecule has 0 radical (unpaired) electrons. The Morgan fingerprint density at radius 2 is 1.82 bits per heavy atom. The number of nitrogens with zero attached hydrogens (tertiary/aromatic N) is 1. The number of hydrogen-bond acceptors (Lipinski definition) is 4. The molecule has 0 amide bonds. The Morgan fingerprint density at radius 3 is 2.57 bits per heavy atom. The van der Waals surface area contributed by atoms with Gasteiger partial charge in [0.25, 0.3) is 0 Å². The normalized spacial score (nSPS) is 20.4. The van der Waals surface area contributed by atoms with E-state index >= 15 is 0 Å². The second-order valence-corrected chi connectivity index (χ2v) is 7.21. The van der Waals surface area contributed by atoms with Crippen LogP contribution in [0.1, 0.15) is 17.7 Å². The smallest absolute Gasteiger partial charge is 0.142 e. The zero-order valence-electron chi connectivity index (χ0n) is 15.9. The van der Waals surface area contributed by atoms with Gasteiger partial charge in [0.05, 0.1) is 13.7 Å². The van der Waals surface area contributed by atoms with Crippen molar-refractivity contribution in [3.8, 4) is 11.5 Å². The van der Waals surface area contributed by atoms with Crippen LogP contribution in [0, 0.1) is 5.92 Å². The van der Waals surface area contributed by atoms with Gasteiger partial charge in [0.2, 0.25) is 0 Å². The van der Waals surface area contributed by atoms with Crippen LogP contribution in [0.25, 0.3) is 0 Å². The molecule has 2 aromatic carbocycles. The zero-order chi connectivity index (χ0) is 19.4. The average molecular weight is 373 g/mol. The molecule has 4 heteroatoms. The van der Waals surface area contributed by atoms with E-state index in [1.807, 2.05) is 60.7 Å². The highest BCUT2D eigenvalue weighted by atomic mass is 16.5. The van der Waals surface area contributed by atoms with Crippen molar-refractivity contribution in [1.82, 2.24) is 4.98 Å². The summed E-state index contributed by atoms with van der Waals surface area (Å²) < 4.78 is 11.4. The molecular formula is C24H23NO3. The number of aromatic nitrogens is 1. The Morgan fingerprint density at radius 1 is 1.04 bits per heavy atom. The topological polar surface area (TPSA) is 48.4 Å². The number of benzene rings is 2. The predicted octanol–water partition coefficient (Wildman–Crippen LogP) is 4.24. The lowest BCUT2D eigenvalue weighted by Gasteiger charge is -2.19. The van der Waals surface area contributed by atoms with Gasteiger partial charge >= 0.3 is 0 Å². The second-order valence-electron chi connectivity index (χ2n) is 7.21. The summed E-state index contributed by atoms with van der Waals surface area (Å²) in [6.07, 6.45) is 2.89. The van der Waals surface area contributed by atoms with Crippen molar-refractivity contribution in [2.75, 3.05) is 13.7 Å². The Labute approximate surface area is 165 Å². The molecule has 2 unspecified atom stereocenters. The van der Waals surface area contributed by atoms with Crippen LogP contribution in [0.5, 0.6) is 11.5 Å². The lowest BCUT2D eigenvalue weighted by atomic mass is 9.92. The lowest BCUT2D eigenvalue weighted by molar-refractivity contribution is -0.120. The van der Waals surface area contributed by atoms with E-state index in [4.69, 9.17) is 9.47 Å². The van der Waals surface area contributed by atoms with Crippen LogP contribution in [0.2, 0.25) is 0 Å². The fourth-order valence-corrected chi connectivity index (χ4v) is 3.77. The molecule has 3 aromatic rings. The minimum Gasteiger partial charge on any atom is -0.497 e. The molecule has 1 aliphatic carbocycles. The standard InChI is InChI=1S/C24H23NO3/c1-27-20-11-7-12-21(15-20)28-17-24(18-8-3-2-4-9-18)16-22(24)23(26)14-19-10-5-6-13-25-19/h2-13,15,22H,14,16-17H2,1H3. The maximum Gasteiger partial charge on any atom is 0.142 e. The van der Waals surface area contributed by atoms with E-state index in [2.05, 4.69) is 17.1 Å². The highest BCUT2D eigenvalue weighted by Gasteiger charge is 2.59. The summed E-state index contributed by atoms with van der Waals surface area (Å²) in [5.74, 6) is 1.67. The summed E-state index contributed by atoms with van der Waals surface area (Å²) in [4.78, 5) is 17.3. The first-order valence-corrected chi connectivity index (χ1v) is 9.46. The van der Waals surface area contributed by atoms with Crippen LogP contribution in [-0.2, 0) is 16.6 Å². The number of rotatable bonds is 8. The van der Waals surface area contributed by atoms with Gasteiger partial charge in [-0.25, -0.2) is 0 Å². The van der Waals surface area contributed by atoms with E-state index in [1.54, 1.807) is 13.3 Å². The molecule has 0 aliphatic heterocycles. The summed E-state index contributed by atoms with van der Waals surface area (Å²) in [6.45, 7) is 0.461. The fourth-order valence-electron chi connectivity index (χ4n) is 3.77. The molecule has 4 rings (SSSR count). The summed E-state index contributed by atoms with van der Waals surface area (Å²) in [5, 5.41) is 0. The van der Waals surface area contributed by atoms with Gasteiger partial charge < -0.3 is 9.47 Å². The minimum atomic E-state index is -0.282. The quantitative estimate of drug-likeness (QED) is 0.593. The Kier molecular flexibility index (Phi) is 5.11. The van der Waals surface area contributed by atoms with Crippen molar-refractivity contribution in [3.05, 3.63) is 90.3 Å². The van der Waals surface area contributed by atoms with E-state index < -0.39 is 0 Å². The largest absolute Gasteiger partial charge is 0.497 e. The van der Waals surface area contributed by atoms with E-state index in [-0.39, 0.29) is 17.1 Å². The molecule has 0 N–H and O–H groups in total. The van der Waals surface area contributed by atoms with Gasteiger partial charge in [-0.2, -0.15) is 0 Å². The number of ketones is 1. The molecule has 1 fully saturated rings. The molecule has 0 saturated heterocycles. The van der Waals surface area contributed by atoms with Gasteiger partial charge in [-0.1, -0.05) is 42.5 Å². The van der Waals surface area contributed by atoms with Gasteiger partial charge in [-0.3, -0.25) is 9.78 Å². The maximum absolute atomic E-state index is 13.0. The first-order chi connectivity index (χ1) is 13.7. The molecule has 1 heterocycles. The number of pyridine rings is 1. The number of carbonyl (C=O) groups excluding carboxylic acids is 1. The van der Waals surface area contributed by atoms with Crippen molar-refractivity contribution in [1.29, 1.82) is 0 Å². The number of methoxy groups -OCH3 is 1. The molecular weight excluding hydrogens is 350 g/mol. The number of carbonyl (C=O) groups is 1. The van der Waals surface area contributed by atoms with Gasteiger partial charge in [0.1, 0.15) is 17.3 Å². The molecule has 1 aromatic heterocycles. The number of hydrogen-bond donors (Lipinski definition) is 0. The fraction of sp³-hybridized carbons (Fsp3) is 0.250. The lowest BCUT2D eigenvalue weighted by Crippen LogP contribution is -2.24. The third-order valence-electron chi connectivity index (χ3n) is 5.43. The molecule has 28 heavy (non-hydrogen) atoms. The van der Waals surface area contributed by atoms with Crippen LogP contribution in [-0.4, -0.2) is 24.5 Å². The van der Waals surface area contributed by atoms with Crippen molar-refractivity contribution >= 4 is 5.78 Å². The Bertz CT molecular complexity index is 942. The van der Waals surface area contributed by atoms with Crippen molar-refractivity contribution in [2.24, 2.45) is 5.92 Å². The first kappa shape index (κ1) is 18.2. The van der Waals surface area contributed by atoms with Crippen LogP contribution in [0.4, 0.5) is 0 Å². The van der Waals surface area contributed by atoms with E-state index in [0.717, 1.165) is 29.2 Å². The van der Waals surface area contributed by atoms with Gasteiger partial charge in [0, 0.05) is 35.7 Å². The SMILES string of the molecule is COc1cccc(OCC2(c3ccccc3)CC2C(=O)Cc2ccccn2)c1. The molecule has 4 nitrogen and oxygen atoms in total. The monoisotopic (exact) mass is 373 g/mol. The molecule has 1 aliphatic rings. The maximum atomic E-state index is 13.0. The number of ether oxygens (including phenoxy) is 2. The number of Topliss-reactive ketones (excluding diaryl/α,β-unsaturated/α-hetero) is 1. The zero-order valence-corrected chi connectivity index (χ0v) is 15.9. The van der Waals surface area contributed by atoms with Gasteiger partial charge in [-0.05, 0) is 36.2 Å². The average Bonchev–Trinajstić information content (AvgIpc) is 3.50. The summed E-state index contributed by atoms with van der Waals surface area (Å²) in [5.41, 5.74) is 1.68. The summed E-state index contributed by atoms with van der Waals surface area (Å²) in [6, 6.07) is 23.4. The third kappa shape index (κ3) is 3.77. The van der Waals surface area contributed by atoms with Crippen molar-refractivity contribution in [2.45, 2.75) is 18.3 Å². The van der Waals surface area contributed by atoms with E-state index in [9.17, 15) is 4.79 Å². The summed E-state index contributed by atoms with van der Waals surface area (Å²) in [7, 11) is 1.64. The molecule has 2 atom stereocenters. The Balaban J connectivity index is 1.52. The highest BCUT2D eigenvalue weighted by molar-refractivity contribution is 5.88. The summed E-state index contributed by atoms with van der Waals surface area (Å²) >= 11 is 0. The predicted molar refractivity (Wildman–Crippen MR) is 108 cm³/mol. The first-order valence-electron chi connectivity index (χ1n) is 9.46. The van der Waals surface area contributed by atoms with Crippen molar-refractivity contribution in [3.63, 3.8) is 0 Å². The highest BCUT2D eigenvalue weighted by Crippen LogP contribution is 2.55. The van der Waals surface area contributed by atoms with Gasteiger partial charge in [-0.15, -0.1) is 0 Å². The molecule has 0 bridgehead atoms. The van der Waals surface area contributed by atoms with Crippen LogP contribution < -0.4 is 9.47 Å². The van der Waals surface area contributed by atoms with Crippen LogP contribution in [0.3, 0.4) is 0 Å². The molecule has 142 valence electrons. The third-order valence-corrected chi connectivity index (χ3v) is 5.43. The van der Waals surface area contributed by atoms with E-state index in [1.165, 1.54) is 0 Å². The van der Waals surface area contributed by atoms with E-state index in [0.29, 0.717) is 13.0 Å². The molecule has 0 spiro atoms. The Hall–Kier alpha value is -3.14. The second kappa shape index (κ2) is 7.85. The van der Waals surface area contributed by atoms with Crippen LogP contribution >= 0.6 is 0 Å². The minimum absolute atomic E-state index is 0.0532. The van der Waals surface area contributed by atoms with Crippen LogP contribution in [0.15, 0.2) is 79.0 Å². The van der Waals surface area contributed by atoms with Gasteiger partial charge in [0.15, 0.2) is 0 Å². The van der Waals surface area contributed by atoms with Crippen molar-refractivity contribution < 1.29 is 14.3 Å². The molecule has 1 saturated carbocycles.